The Kier molecular flexibility index (Phi) is 4.63. The van der Waals surface area contributed by atoms with E-state index in [-0.39, 0.29) is 11.9 Å². The van der Waals surface area contributed by atoms with Crippen LogP contribution in [0.3, 0.4) is 0 Å². The summed E-state index contributed by atoms with van der Waals surface area (Å²) in [6, 6.07) is 14.6. The van der Waals surface area contributed by atoms with Gasteiger partial charge in [0, 0.05) is 34.7 Å². The van der Waals surface area contributed by atoms with Gasteiger partial charge in [0.2, 0.25) is 5.88 Å². The molecule has 1 aromatic carbocycles. The van der Waals surface area contributed by atoms with Crippen molar-refractivity contribution in [3.8, 4) is 5.88 Å². The van der Waals surface area contributed by atoms with E-state index >= 15 is 0 Å². The Labute approximate surface area is 151 Å². The van der Waals surface area contributed by atoms with Crippen LogP contribution in [0.25, 0.3) is 0 Å². The minimum absolute atomic E-state index is 0.00963. The second kappa shape index (κ2) is 7.06. The maximum atomic E-state index is 12.5. The molecule has 6 heteroatoms. The lowest BCUT2D eigenvalue weighted by atomic mass is 9.95. The molecule has 2 N–H and O–H groups in total. The molecule has 5 nitrogen and oxygen atoms in total. The predicted octanol–water partition coefficient (Wildman–Crippen LogP) is 2.86. The molecule has 0 spiro atoms. The number of hydrogen-bond acceptors (Lipinski definition) is 5. The van der Waals surface area contributed by atoms with Crippen molar-refractivity contribution in [3.63, 3.8) is 0 Å². The van der Waals surface area contributed by atoms with Crippen LogP contribution < -0.4 is 15.4 Å². The third kappa shape index (κ3) is 3.65. The fourth-order valence-corrected chi connectivity index (χ4v) is 4.39. The molecule has 2 aliphatic heterocycles. The highest BCUT2D eigenvalue weighted by atomic mass is 32.2. The first kappa shape index (κ1) is 16.4. The molecule has 1 amide bonds. The molecule has 2 bridgehead atoms. The van der Waals surface area contributed by atoms with Gasteiger partial charge in [-0.2, -0.15) is 0 Å². The monoisotopic (exact) mass is 355 g/mol. The van der Waals surface area contributed by atoms with Crippen LogP contribution in [0.2, 0.25) is 0 Å². The number of methoxy groups -OCH3 is 1. The van der Waals surface area contributed by atoms with Crippen LogP contribution in [0.1, 0.15) is 29.6 Å². The lowest BCUT2D eigenvalue weighted by Crippen LogP contribution is -2.42. The summed E-state index contributed by atoms with van der Waals surface area (Å²) in [4.78, 5) is 17.9. The van der Waals surface area contributed by atoms with E-state index < -0.39 is 0 Å². The number of benzene rings is 1. The highest BCUT2D eigenvalue weighted by Crippen LogP contribution is 2.29. The largest absolute Gasteiger partial charge is 0.481 e. The average molecular weight is 355 g/mol. The molecule has 2 fully saturated rings. The molecule has 130 valence electrons. The van der Waals surface area contributed by atoms with Crippen molar-refractivity contribution in [2.45, 2.75) is 47.3 Å². The Morgan fingerprint density at radius 1 is 1.24 bits per heavy atom. The lowest BCUT2D eigenvalue weighted by Gasteiger charge is -2.21. The standard InChI is InChI=1S/C19H21N3O2S/c1-24-17-3-2-4-18(22-17)25-14-8-5-12(6-9-14)19(23)21-16-11-13-7-10-15(16)20-13/h2-6,8-9,13,15-16,20H,7,10-11H2,1H3,(H,21,23). The van der Waals surface area contributed by atoms with Gasteiger partial charge in [0.25, 0.3) is 5.91 Å². The molecule has 1 aromatic heterocycles. The van der Waals surface area contributed by atoms with E-state index in [1.807, 2.05) is 42.5 Å². The van der Waals surface area contributed by atoms with Crippen LogP contribution in [-0.2, 0) is 0 Å². The Morgan fingerprint density at radius 3 is 2.76 bits per heavy atom. The van der Waals surface area contributed by atoms with Gasteiger partial charge in [0.15, 0.2) is 0 Å². The van der Waals surface area contributed by atoms with Gasteiger partial charge in [-0.25, -0.2) is 4.98 Å². The summed E-state index contributed by atoms with van der Waals surface area (Å²) >= 11 is 1.55. The van der Waals surface area contributed by atoms with Crippen LogP contribution in [0.4, 0.5) is 0 Å². The molecule has 2 saturated heterocycles. The second-order valence-electron chi connectivity index (χ2n) is 6.51. The van der Waals surface area contributed by atoms with Crippen LogP contribution in [0.15, 0.2) is 52.4 Å². The number of amides is 1. The number of hydrogen-bond donors (Lipinski definition) is 2. The molecule has 3 atom stereocenters. The molecule has 0 aliphatic carbocycles. The third-order valence-corrected chi connectivity index (χ3v) is 5.81. The fourth-order valence-electron chi connectivity index (χ4n) is 3.60. The minimum atomic E-state index is 0.00963. The zero-order chi connectivity index (χ0) is 17.2. The van der Waals surface area contributed by atoms with Crippen molar-refractivity contribution >= 4 is 17.7 Å². The van der Waals surface area contributed by atoms with Gasteiger partial charge in [0.1, 0.15) is 5.03 Å². The number of ether oxygens (including phenoxy) is 1. The Balaban J connectivity index is 1.38. The Hall–Kier alpha value is -2.05. The molecular formula is C19H21N3O2S. The zero-order valence-corrected chi connectivity index (χ0v) is 14.9. The maximum absolute atomic E-state index is 12.5. The predicted molar refractivity (Wildman–Crippen MR) is 97.2 cm³/mol. The molecule has 25 heavy (non-hydrogen) atoms. The van der Waals surface area contributed by atoms with Crippen molar-refractivity contribution in [2.24, 2.45) is 0 Å². The van der Waals surface area contributed by atoms with Gasteiger partial charge < -0.3 is 15.4 Å². The molecule has 3 heterocycles. The van der Waals surface area contributed by atoms with Crippen LogP contribution >= 0.6 is 11.8 Å². The van der Waals surface area contributed by atoms with Gasteiger partial charge in [0.05, 0.1) is 7.11 Å². The summed E-state index contributed by atoms with van der Waals surface area (Å²) in [5, 5.41) is 7.58. The second-order valence-corrected chi connectivity index (χ2v) is 7.60. The number of carbonyl (C=O) groups is 1. The summed E-state index contributed by atoms with van der Waals surface area (Å²) in [6.45, 7) is 0. The van der Waals surface area contributed by atoms with Gasteiger partial charge in [-0.1, -0.05) is 17.8 Å². The highest BCUT2D eigenvalue weighted by molar-refractivity contribution is 7.99. The van der Waals surface area contributed by atoms with E-state index in [4.69, 9.17) is 4.74 Å². The first-order valence-electron chi connectivity index (χ1n) is 8.57. The van der Waals surface area contributed by atoms with Crippen LogP contribution in [0, 0.1) is 0 Å². The van der Waals surface area contributed by atoms with Crippen molar-refractivity contribution in [2.75, 3.05) is 7.11 Å². The number of pyridine rings is 1. The van der Waals surface area contributed by atoms with Crippen molar-refractivity contribution < 1.29 is 9.53 Å². The van der Waals surface area contributed by atoms with E-state index in [2.05, 4.69) is 15.6 Å². The SMILES string of the molecule is COc1cccc(Sc2ccc(C(=O)NC3CC4CCC3N4)cc2)n1. The Morgan fingerprint density at radius 2 is 2.08 bits per heavy atom. The number of aromatic nitrogens is 1. The maximum Gasteiger partial charge on any atom is 0.251 e. The van der Waals surface area contributed by atoms with Crippen molar-refractivity contribution in [1.29, 1.82) is 0 Å². The number of carbonyl (C=O) groups excluding carboxylic acids is 1. The van der Waals surface area contributed by atoms with Crippen molar-refractivity contribution in [1.82, 2.24) is 15.6 Å². The molecule has 3 unspecified atom stereocenters. The van der Waals surface area contributed by atoms with Crippen LogP contribution in [-0.4, -0.2) is 36.1 Å². The average Bonchev–Trinajstić information content (AvgIpc) is 3.25. The molecule has 4 rings (SSSR count). The van der Waals surface area contributed by atoms with E-state index in [0.717, 1.165) is 16.3 Å². The van der Waals surface area contributed by atoms with Gasteiger partial charge in [-0.3, -0.25) is 4.79 Å². The minimum Gasteiger partial charge on any atom is -0.481 e. The number of nitrogens with one attached hydrogen (secondary N) is 2. The highest BCUT2D eigenvalue weighted by Gasteiger charge is 2.39. The normalized spacial score (nSPS) is 24.3. The first-order valence-corrected chi connectivity index (χ1v) is 9.39. The third-order valence-electron chi connectivity index (χ3n) is 4.86. The molecular weight excluding hydrogens is 334 g/mol. The quantitative estimate of drug-likeness (QED) is 0.863. The molecule has 2 aliphatic rings. The van der Waals surface area contributed by atoms with E-state index in [1.165, 1.54) is 12.8 Å². The summed E-state index contributed by atoms with van der Waals surface area (Å²) in [5.41, 5.74) is 0.700. The number of fused-ring (bicyclic) bond motifs is 2. The number of rotatable bonds is 5. The zero-order valence-electron chi connectivity index (χ0n) is 14.1. The van der Waals surface area contributed by atoms with E-state index in [0.29, 0.717) is 23.5 Å². The fraction of sp³-hybridized carbons (Fsp3) is 0.368. The number of nitrogens with zero attached hydrogens (tertiary/aromatic N) is 1. The van der Waals surface area contributed by atoms with Gasteiger partial charge in [-0.05, 0) is 49.6 Å². The van der Waals surface area contributed by atoms with Crippen LogP contribution in [0.5, 0.6) is 5.88 Å². The summed E-state index contributed by atoms with van der Waals surface area (Å²) in [5.74, 6) is 0.607. The van der Waals surface area contributed by atoms with E-state index in [9.17, 15) is 4.79 Å². The summed E-state index contributed by atoms with van der Waals surface area (Å²) < 4.78 is 5.14. The van der Waals surface area contributed by atoms with Crippen molar-refractivity contribution in [3.05, 3.63) is 48.0 Å². The molecule has 0 radical (unpaired) electrons. The molecule has 0 saturated carbocycles. The summed E-state index contributed by atoms with van der Waals surface area (Å²) in [6.07, 6.45) is 3.45. The van der Waals surface area contributed by atoms with Gasteiger partial charge >= 0.3 is 0 Å². The van der Waals surface area contributed by atoms with Gasteiger partial charge in [-0.15, -0.1) is 0 Å². The summed E-state index contributed by atoms with van der Waals surface area (Å²) in [7, 11) is 1.61. The molecule has 2 aromatic rings. The Bertz CT molecular complexity index is 766. The lowest BCUT2D eigenvalue weighted by molar-refractivity contribution is 0.0931. The smallest absolute Gasteiger partial charge is 0.251 e. The van der Waals surface area contributed by atoms with E-state index in [1.54, 1.807) is 18.9 Å². The topological polar surface area (TPSA) is 63.2 Å². The first-order chi connectivity index (χ1) is 12.2.